The Morgan fingerprint density at radius 2 is 2.23 bits per heavy atom. The van der Waals surface area contributed by atoms with Gasteiger partial charge >= 0.3 is 0 Å². The van der Waals surface area contributed by atoms with Gasteiger partial charge in [0.2, 0.25) is 5.91 Å². The van der Waals surface area contributed by atoms with Crippen LogP contribution in [0.5, 0.6) is 0 Å². The number of carbonyl (C=O) groups is 1. The Bertz CT molecular complexity index is 220. The van der Waals surface area contributed by atoms with Gasteiger partial charge in [0, 0.05) is 18.7 Å². The van der Waals surface area contributed by atoms with E-state index in [-0.39, 0.29) is 5.91 Å². The Morgan fingerprint density at radius 3 is 2.69 bits per heavy atom. The summed E-state index contributed by atoms with van der Waals surface area (Å²) in [6, 6.07) is 0. The number of hydrogen-bond acceptors (Lipinski definition) is 1. The van der Waals surface area contributed by atoms with E-state index >= 15 is 0 Å². The molecule has 0 aromatic heterocycles. The molecule has 0 saturated carbocycles. The topological polar surface area (TPSA) is 20.3 Å². The standard InChI is InChI=1S/C11H19NO/c1-8(2)10-5-6-11(13)12(7-10)9(3)4/h8,10H,3,5-7H2,1-2,4H3/t10-/m1/s1. The summed E-state index contributed by atoms with van der Waals surface area (Å²) < 4.78 is 0. The van der Waals surface area contributed by atoms with Crippen LogP contribution < -0.4 is 0 Å². The van der Waals surface area contributed by atoms with E-state index < -0.39 is 0 Å². The Morgan fingerprint density at radius 1 is 1.62 bits per heavy atom. The third kappa shape index (κ3) is 2.33. The molecule has 1 aliphatic rings. The Labute approximate surface area is 80.6 Å². The molecule has 13 heavy (non-hydrogen) atoms. The van der Waals surface area contributed by atoms with Gasteiger partial charge in [-0.05, 0) is 25.2 Å². The van der Waals surface area contributed by atoms with Crippen LogP contribution in [0.4, 0.5) is 0 Å². The van der Waals surface area contributed by atoms with Crippen LogP contribution in [-0.2, 0) is 4.79 Å². The van der Waals surface area contributed by atoms with Gasteiger partial charge in [0.1, 0.15) is 0 Å². The first kappa shape index (κ1) is 10.3. The summed E-state index contributed by atoms with van der Waals surface area (Å²) in [4.78, 5) is 13.3. The van der Waals surface area contributed by atoms with Crippen molar-refractivity contribution in [3.05, 3.63) is 12.3 Å². The third-order valence-electron chi connectivity index (χ3n) is 2.85. The number of rotatable bonds is 2. The fraction of sp³-hybridized carbons (Fsp3) is 0.727. The molecular formula is C11H19NO. The largest absolute Gasteiger partial charge is 0.317 e. The second kappa shape index (κ2) is 3.95. The molecule has 2 heteroatoms. The highest BCUT2D eigenvalue weighted by molar-refractivity contribution is 5.78. The van der Waals surface area contributed by atoms with Gasteiger partial charge in [0.25, 0.3) is 0 Å². The molecule has 0 N–H and O–H groups in total. The minimum absolute atomic E-state index is 0.240. The van der Waals surface area contributed by atoms with E-state index in [0.29, 0.717) is 18.3 Å². The molecule has 0 radical (unpaired) electrons. The molecule has 0 aliphatic carbocycles. The van der Waals surface area contributed by atoms with Crippen molar-refractivity contribution in [2.75, 3.05) is 6.54 Å². The SMILES string of the molecule is C=C(C)N1C[C@H](C(C)C)CCC1=O. The van der Waals surface area contributed by atoms with Crippen molar-refractivity contribution >= 4 is 5.91 Å². The van der Waals surface area contributed by atoms with Crippen LogP contribution in [0.15, 0.2) is 12.3 Å². The summed E-state index contributed by atoms with van der Waals surface area (Å²) in [5.74, 6) is 1.55. The maximum atomic E-state index is 11.5. The first-order valence-corrected chi connectivity index (χ1v) is 4.98. The van der Waals surface area contributed by atoms with Crippen LogP contribution in [0.3, 0.4) is 0 Å². The maximum Gasteiger partial charge on any atom is 0.226 e. The average Bonchev–Trinajstić information content (AvgIpc) is 2.04. The maximum absolute atomic E-state index is 11.5. The number of likely N-dealkylation sites (tertiary alicyclic amines) is 1. The Balaban J connectivity index is 2.63. The zero-order chi connectivity index (χ0) is 10.0. The summed E-state index contributed by atoms with van der Waals surface area (Å²) >= 11 is 0. The zero-order valence-electron chi connectivity index (χ0n) is 8.84. The van der Waals surface area contributed by atoms with Crippen LogP contribution in [-0.4, -0.2) is 17.4 Å². The molecule has 0 unspecified atom stereocenters. The van der Waals surface area contributed by atoms with Crippen LogP contribution in [0.25, 0.3) is 0 Å². The Kier molecular flexibility index (Phi) is 3.12. The van der Waals surface area contributed by atoms with E-state index in [1.807, 2.05) is 11.8 Å². The van der Waals surface area contributed by atoms with E-state index in [2.05, 4.69) is 20.4 Å². The number of nitrogens with zero attached hydrogens (tertiary/aromatic N) is 1. The second-order valence-electron chi connectivity index (χ2n) is 4.28. The van der Waals surface area contributed by atoms with Crippen molar-refractivity contribution in [3.8, 4) is 0 Å². The molecule has 1 fully saturated rings. The van der Waals surface area contributed by atoms with Crippen LogP contribution >= 0.6 is 0 Å². The number of carbonyl (C=O) groups excluding carboxylic acids is 1. The van der Waals surface area contributed by atoms with Crippen molar-refractivity contribution < 1.29 is 4.79 Å². The lowest BCUT2D eigenvalue weighted by Crippen LogP contribution is -2.39. The van der Waals surface area contributed by atoms with Gasteiger partial charge in [-0.2, -0.15) is 0 Å². The molecule has 2 nitrogen and oxygen atoms in total. The van der Waals surface area contributed by atoms with Gasteiger partial charge in [-0.25, -0.2) is 0 Å². The smallest absolute Gasteiger partial charge is 0.226 e. The molecule has 1 atom stereocenters. The van der Waals surface area contributed by atoms with Crippen molar-refractivity contribution in [1.29, 1.82) is 0 Å². The quantitative estimate of drug-likeness (QED) is 0.640. The Hall–Kier alpha value is -0.790. The summed E-state index contributed by atoms with van der Waals surface area (Å²) in [6.45, 7) is 11.0. The minimum atomic E-state index is 0.240. The molecule has 0 aromatic rings. The third-order valence-corrected chi connectivity index (χ3v) is 2.85. The van der Waals surface area contributed by atoms with Gasteiger partial charge in [0.15, 0.2) is 0 Å². The van der Waals surface area contributed by atoms with Crippen molar-refractivity contribution in [2.45, 2.75) is 33.6 Å². The molecule has 0 bridgehead atoms. The highest BCUT2D eigenvalue weighted by Gasteiger charge is 2.27. The highest BCUT2D eigenvalue weighted by atomic mass is 16.2. The molecule has 1 aliphatic heterocycles. The second-order valence-corrected chi connectivity index (χ2v) is 4.28. The fourth-order valence-electron chi connectivity index (χ4n) is 1.78. The lowest BCUT2D eigenvalue weighted by Gasteiger charge is -2.34. The van der Waals surface area contributed by atoms with Crippen LogP contribution in [0, 0.1) is 11.8 Å². The van der Waals surface area contributed by atoms with E-state index in [9.17, 15) is 4.79 Å². The number of hydrogen-bond donors (Lipinski definition) is 0. The molecule has 0 aromatic carbocycles. The average molecular weight is 181 g/mol. The fourth-order valence-corrected chi connectivity index (χ4v) is 1.78. The van der Waals surface area contributed by atoms with Crippen molar-refractivity contribution in [2.24, 2.45) is 11.8 Å². The van der Waals surface area contributed by atoms with Gasteiger partial charge < -0.3 is 4.90 Å². The number of amides is 1. The monoisotopic (exact) mass is 181 g/mol. The molecule has 1 heterocycles. The predicted octanol–water partition coefficient (Wildman–Crippen LogP) is 2.41. The predicted molar refractivity (Wildman–Crippen MR) is 54.1 cm³/mol. The lowest BCUT2D eigenvalue weighted by molar-refractivity contribution is -0.132. The molecule has 1 rings (SSSR count). The molecule has 1 saturated heterocycles. The minimum Gasteiger partial charge on any atom is -0.317 e. The van der Waals surface area contributed by atoms with Crippen LogP contribution in [0.2, 0.25) is 0 Å². The summed E-state index contributed by atoms with van der Waals surface area (Å²) in [5.41, 5.74) is 0.885. The van der Waals surface area contributed by atoms with Gasteiger partial charge in [-0.15, -0.1) is 0 Å². The molecule has 0 spiro atoms. The summed E-state index contributed by atoms with van der Waals surface area (Å²) in [7, 11) is 0. The summed E-state index contributed by atoms with van der Waals surface area (Å²) in [6.07, 6.45) is 1.73. The van der Waals surface area contributed by atoms with Crippen molar-refractivity contribution in [1.82, 2.24) is 4.90 Å². The first-order chi connectivity index (χ1) is 6.02. The number of allylic oxidation sites excluding steroid dienone is 1. The van der Waals surface area contributed by atoms with E-state index in [0.717, 1.165) is 18.7 Å². The normalized spacial score (nSPS) is 23.8. The van der Waals surface area contributed by atoms with E-state index in [4.69, 9.17) is 0 Å². The van der Waals surface area contributed by atoms with E-state index in [1.54, 1.807) is 0 Å². The van der Waals surface area contributed by atoms with Gasteiger partial charge in [-0.1, -0.05) is 20.4 Å². The number of piperidine rings is 1. The van der Waals surface area contributed by atoms with Gasteiger partial charge in [-0.3, -0.25) is 4.79 Å². The molecule has 74 valence electrons. The molecular weight excluding hydrogens is 162 g/mol. The van der Waals surface area contributed by atoms with E-state index in [1.165, 1.54) is 0 Å². The zero-order valence-corrected chi connectivity index (χ0v) is 8.84. The van der Waals surface area contributed by atoms with Crippen molar-refractivity contribution in [3.63, 3.8) is 0 Å². The molecule has 1 amide bonds. The lowest BCUT2D eigenvalue weighted by atomic mass is 9.87. The van der Waals surface area contributed by atoms with Crippen LogP contribution in [0.1, 0.15) is 33.6 Å². The first-order valence-electron chi connectivity index (χ1n) is 4.98. The van der Waals surface area contributed by atoms with Gasteiger partial charge in [0.05, 0.1) is 0 Å². The highest BCUT2D eigenvalue weighted by Crippen LogP contribution is 2.25. The summed E-state index contributed by atoms with van der Waals surface area (Å²) in [5, 5.41) is 0.